The molecule has 7 rings (SSSR count). The molecule has 4 atom stereocenters. The maximum absolute atomic E-state index is 6.10. The molecule has 48 heavy (non-hydrogen) atoms. The maximum atomic E-state index is 6.10. The van der Waals surface area contributed by atoms with E-state index in [4.69, 9.17) is 9.47 Å². The van der Waals surface area contributed by atoms with Gasteiger partial charge in [-0.15, -0.1) is 0 Å². The van der Waals surface area contributed by atoms with Gasteiger partial charge >= 0.3 is 0 Å². The van der Waals surface area contributed by atoms with Crippen LogP contribution in [0.2, 0.25) is 0 Å². The fourth-order valence-electron chi connectivity index (χ4n) is 7.72. The van der Waals surface area contributed by atoms with Gasteiger partial charge in [-0.2, -0.15) is 0 Å². The van der Waals surface area contributed by atoms with Gasteiger partial charge in [-0.3, -0.25) is 0 Å². The monoisotopic (exact) mass is 664 g/mol. The number of para-hydroxylation sites is 2. The third-order valence-corrected chi connectivity index (χ3v) is 15.2. The zero-order chi connectivity index (χ0) is 32.7. The molecule has 6 aromatic carbocycles. The van der Waals surface area contributed by atoms with Gasteiger partial charge in [0.15, 0.2) is 0 Å². The van der Waals surface area contributed by atoms with E-state index in [2.05, 4.69) is 170 Å². The Hall–Kier alpha value is -4.22. The second-order valence-corrected chi connectivity index (χ2v) is 16.9. The molecule has 0 radical (unpaired) electrons. The topological polar surface area (TPSA) is 18.5 Å². The zero-order valence-corrected chi connectivity index (χ0v) is 29.4. The number of ether oxygens (including phenoxy) is 2. The molecule has 0 amide bonds. The first-order valence-corrected chi connectivity index (χ1v) is 19.8. The Kier molecular flexibility index (Phi) is 10.3. The molecule has 6 aromatic rings. The highest BCUT2D eigenvalue weighted by atomic mass is 31.1. The molecule has 1 aliphatic rings. The number of hydrogen-bond donors (Lipinski definition) is 0. The Morgan fingerprint density at radius 1 is 0.375 bits per heavy atom. The van der Waals surface area contributed by atoms with Crippen LogP contribution in [-0.2, 0) is 0 Å². The van der Waals surface area contributed by atoms with Gasteiger partial charge in [0.25, 0.3) is 0 Å². The van der Waals surface area contributed by atoms with Crippen LogP contribution in [0.4, 0.5) is 0 Å². The van der Waals surface area contributed by atoms with Crippen molar-refractivity contribution < 1.29 is 9.47 Å². The molecule has 0 aliphatic heterocycles. The Morgan fingerprint density at radius 2 is 0.646 bits per heavy atom. The van der Waals surface area contributed by atoms with Crippen LogP contribution in [0.5, 0.6) is 11.5 Å². The smallest absolute Gasteiger partial charge is 0.122 e. The number of methoxy groups -OCH3 is 2. The average Bonchev–Trinajstić information content (AvgIpc) is 3.16. The quantitative estimate of drug-likeness (QED) is 0.122. The molecular formula is C44H42O2P2. The van der Waals surface area contributed by atoms with Crippen LogP contribution < -0.4 is 30.7 Å². The van der Waals surface area contributed by atoms with E-state index in [0.717, 1.165) is 23.8 Å². The van der Waals surface area contributed by atoms with Gasteiger partial charge < -0.3 is 9.47 Å². The largest absolute Gasteiger partial charge is 0.496 e. The Labute approximate surface area is 288 Å². The first-order valence-electron chi connectivity index (χ1n) is 16.8. The summed E-state index contributed by atoms with van der Waals surface area (Å²) in [6, 6.07) is 62.3. The summed E-state index contributed by atoms with van der Waals surface area (Å²) in [5.41, 5.74) is 2.61. The maximum Gasteiger partial charge on any atom is 0.122 e. The summed E-state index contributed by atoms with van der Waals surface area (Å²) in [5.74, 6) is 3.37. The van der Waals surface area contributed by atoms with Crippen LogP contribution in [0.3, 0.4) is 0 Å². The molecule has 2 nitrogen and oxygen atoms in total. The summed E-state index contributed by atoms with van der Waals surface area (Å²) in [7, 11) is 2.43. The molecule has 4 heteroatoms. The number of benzene rings is 6. The van der Waals surface area contributed by atoms with E-state index in [1.54, 1.807) is 0 Å². The highest BCUT2D eigenvalue weighted by molar-refractivity contribution is 7.73. The lowest BCUT2D eigenvalue weighted by Gasteiger charge is -2.55. The van der Waals surface area contributed by atoms with E-state index >= 15 is 0 Å². The molecule has 0 aromatic heterocycles. The molecule has 0 bridgehead atoms. The van der Waals surface area contributed by atoms with Gasteiger partial charge in [0, 0.05) is 0 Å². The van der Waals surface area contributed by atoms with Crippen LogP contribution in [0.15, 0.2) is 170 Å². The highest BCUT2D eigenvalue weighted by Gasteiger charge is 2.54. The Morgan fingerprint density at radius 3 is 0.938 bits per heavy atom. The molecule has 1 saturated carbocycles. The minimum absolute atomic E-state index is 0.281. The van der Waals surface area contributed by atoms with E-state index in [1.165, 1.54) is 32.3 Å². The van der Waals surface area contributed by atoms with E-state index in [9.17, 15) is 0 Å². The predicted octanol–water partition coefficient (Wildman–Crippen LogP) is 9.08. The summed E-state index contributed by atoms with van der Waals surface area (Å²) in [6.45, 7) is 0. The third kappa shape index (κ3) is 6.71. The molecule has 1 fully saturated rings. The Balaban J connectivity index is 1.40. The summed E-state index contributed by atoms with van der Waals surface area (Å²) in [4.78, 5) is 0. The van der Waals surface area contributed by atoms with Crippen molar-refractivity contribution in [3.05, 3.63) is 181 Å². The van der Waals surface area contributed by atoms with Crippen LogP contribution >= 0.6 is 15.8 Å². The van der Waals surface area contributed by atoms with Crippen molar-refractivity contribution in [3.8, 4) is 11.5 Å². The third-order valence-electron chi connectivity index (χ3n) is 9.91. The van der Waals surface area contributed by atoms with Crippen molar-refractivity contribution in [2.24, 2.45) is 11.8 Å². The summed E-state index contributed by atoms with van der Waals surface area (Å²) < 4.78 is 12.2. The lowest BCUT2D eigenvalue weighted by Crippen LogP contribution is -2.48. The second-order valence-electron chi connectivity index (χ2n) is 12.4. The standard InChI is InChI=1S/C44H42O2P2/c1-45-41-29-17-15-27-37(41)43-39(31-47(33-19-7-3-8-20-33)34-21-9-4-10-22-34)40(44(43)38-28-16-18-30-42(38)46-2)32-48(35-23-11-5-12-24-35)36-25-13-6-14-26-36/h3-30,39-40,43-44H,31-32H2,1-2H3/t39-,40-,43-,44-/m1/s1. The molecule has 1 aliphatic carbocycles. The molecule has 0 spiro atoms. The molecule has 240 valence electrons. The van der Waals surface area contributed by atoms with Crippen molar-refractivity contribution in [3.63, 3.8) is 0 Å². The fraction of sp³-hybridized carbons (Fsp3) is 0.182. The average molecular weight is 665 g/mol. The number of rotatable bonds is 12. The fourth-order valence-corrected chi connectivity index (χ4v) is 13.1. The molecule has 0 saturated heterocycles. The van der Waals surface area contributed by atoms with Crippen molar-refractivity contribution in [1.82, 2.24) is 0 Å². The van der Waals surface area contributed by atoms with Crippen LogP contribution in [-0.4, -0.2) is 26.5 Å². The normalized spacial score (nSPS) is 18.8. The first kappa shape index (κ1) is 32.3. The van der Waals surface area contributed by atoms with E-state index in [1.807, 2.05) is 14.2 Å². The van der Waals surface area contributed by atoms with Gasteiger partial charge in [0.2, 0.25) is 0 Å². The molecule has 0 N–H and O–H groups in total. The van der Waals surface area contributed by atoms with Gasteiger partial charge in [-0.25, -0.2) is 0 Å². The van der Waals surface area contributed by atoms with E-state index in [-0.39, 0.29) is 11.8 Å². The molecule has 0 unspecified atom stereocenters. The molecular weight excluding hydrogens is 622 g/mol. The predicted molar refractivity (Wildman–Crippen MR) is 206 cm³/mol. The number of hydrogen-bond acceptors (Lipinski definition) is 2. The lowest BCUT2D eigenvalue weighted by atomic mass is 9.53. The summed E-state index contributed by atoms with van der Waals surface area (Å²) in [5, 5.41) is 5.74. The van der Waals surface area contributed by atoms with Gasteiger partial charge in [-0.05, 0) is 96.3 Å². The van der Waals surface area contributed by atoms with E-state index in [0.29, 0.717) is 11.8 Å². The minimum atomic E-state index is -0.600. The van der Waals surface area contributed by atoms with Crippen molar-refractivity contribution in [2.45, 2.75) is 11.8 Å². The van der Waals surface area contributed by atoms with Gasteiger partial charge in [0.1, 0.15) is 11.5 Å². The summed E-state index contributed by atoms with van der Waals surface area (Å²) >= 11 is 0. The minimum Gasteiger partial charge on any atom is -0.496 e. The van der Waals surface area contributed by atoms with Gasteiger partial charge in [-0.1, -0.05) is 158 Å². The van der Waals surface area contributed by atoms with Crippen molar-refractivity contribution in [2.75, 3.05) is 26.5 Å². The zero-order valence-electron chi connectivity index (χ0n) is 27.6. The van der Waals surface area contributed by atoms with Gasteiger partial charge in [0.05, 0.1) is 14.2 Å². The van der Waals surface area contributed by atoms with Crippen molar-refractivity contribution >= 4 is 37.1 Å². The second kappa shape index (κ2) is 15.3. The lowest BCUT2D eigenvalue weighted by molar-refractivity contribution is 0.125. The summed E-state index contributed by atoms with van der Waals surface area (Å²) in [6.07, 6.45) is 2.21. The van der Waals surface area contributed by atoms with Crippen molar-refractivity contribution in [1.29, 1.82) is 0 Å². The van der Waals surface area contributed by atoms with Crippen LogP contribution in [0.25, 0.3) is 0 Å². The highest BCUT2D eigenvalue weighted by Crippen LogP contribution is 2.65. The first-order chi connectivity index (χ1) is 23.8. The molecule has 0 heterocycles. The van der Waals surface area contributed by atoms with Crippen LogP contribution in [0, 0.1) is 11.8 Å². The SMILES string of the molecule is COc1ccccc1[C@@H]1[C@H](CP(c2ccccc2)c2ccccc2)[C@@H](CP(c2ccccc2)c2ccccc2)[C@H]1c1ccccc1OC. The van der Waals surface area contributed by atoms with E-state index < -0.39 is 15.8 Å². The van der Waals surface area contributed by atoms with Crippen LogP contribution in [0.1, 0.15) is 23.0 Å². The Bertz CT molecular complexity index is 1660.